The molecule has 0 aliphatic carbocycles. The third-order valence-electron chi connectivity index (χ3n) is 8.91. The van der Waals surface area contributed by atoms with E-state index >= 15 is 0 Å². The molecule has 2 aromatic carbocycles. The Labute approximate surface area is 275 Å². The van der Waals surface area contributed by atoms with Crippen molar-refractivity contribution in [2.24, 2.45) is 0 Å². The van der Waals surface area contributed by atoms with Gasteiger partial charge in [-0.25, -0.2) is 9.37 Å². The quantitative estimate of drug-likeness (QED) is 0.160. The highest BCUT2D eigenvalue weighted by atomic mass is 19.4. The van der Waals surface area contributed by atoms with Crippen molar-refractivity contribution in [1.82, 2.24) is 14.9 Å². The topological polar surface area (TPSA) is 92.0 Å². The van der Waals surface area contributed by atoms with Crippen LogP contribution in [0.15, 0.2) is 71.3 Å². The molecule has 48 heavy (non-hydrogen) atoms. The van der Waals surface area contributed by atoms with E-state index in [1.54, 1.807) is 47.2 Å². The number of Topliss-reactive ketones (excluding diaryl/α,β-unsaturated/α-hetero) is 1. The number of piperidine rings is 1. The number of hydrogen-bond donors (Lipinski definition) is 0. The number of amides is 1. The number of ketones is 1. The van der Waals surface area contributed by atoms with E-state index < -0.39 is 29.2 Å². The molecule has 2 saturated heterocycles. The summed E-state index contributed by atoms with van der Waals surface area (Å²) in [6, 6.07) is 17.0. The SMILES string of the molecule is COc1ccccc1C1CCN(c2nc(C(F)(F)F)c(C(=O)Cc3ccc(N4CCN(C(=O)Cc5ccccc5F)CC4)nc3)o2)CC1. The Morgan fingerprint density at radius 2 is 1.60 bits per heavy atom. The first kappa shape index (κ1) is 33.0. The van der Waals surface area contributed by atoms with Gasteiger partial charge < -0.3 is 23.9 Å². The van der Waals surface area contributed by atoms with Crippen molar-refractivity contribution in [3.63, 3.8) is 0 Å². The Hall–Kier alpha value is -4.94. The number of ether oxygens (including phenoxy) is 1. The first-order valence-corrected chi connectivity index (χ1v) is 15.8. The number of methoxy groups -OCH3 is 1. The lowest BCUT2D eigenvalue weighted by molar-refractivity contribution is -0.141. The highest BCUT2D eigenvalue weighted by Gasteiger charge is 2.42. The van der Waals surface area contributed by atoms with Gasteiger partial charge in [0, 0.05) is 51.9 Å². The Morgan fingerprint density at radius 1 is 0.896 bits per heavy atom. The molecule has 0 atom stereocenters. The van der Waals surface area contributed by atoms with Crippen LogP contribution in [0.5, 0.6) is 5.75 Å². The van der Waals surface area contributed by atoms with Crippen LogP contribution in [0.25, 0.3) is 0 Å². The predicted octanol–water partition coefficient (Wildman–Crippen LogP) is 5.94. The number of benzene rings is 2. The molecule has 0 radical (unpaired) electrons. The van der Waals surface area contributed by atoms with E-state index in [4.69, 9.17) is 9.15 Å². The van der Waals surface area contributed by atoms with Gasteiger partial charge in [-0.2, -0.15) is 18.2 Å². The van der Waals surface area contributed by atoms with Crippen LogP contribution in [0.1, 0.15) is 51.7 Å². The molecular formula is C35H35F4N5O4. The number of pyridine rings is 1. The van der Waals surface area contributed by atoms with Crippen LogP contribution in [0, 0.1) is 5.82 Å². The Kier molecular flexibility index (Phi) is 9.65. The lowest BCUT2D eigenvalue weighted by atomic mass is 9.89. The van der Waals surface area contributed by atoms with Gasteiger partial charge in [0.15, 0.2) is 5.69 Å². The first-order chi connectivity index (χ1) is 23.1. The molecule has 2 aliphatic rings. The Morgan fingerprint density at radius 3 is 2.27 bits per heavy atom. The van der Waals surface area contributed by atoms with Crippen LogP contribution < -0.4 is 14.5 Å². The van der Waals surface area contributed by atoms with E-state index in [0.717, 1.165) is 11.3 Å². The van der Waals surface area contributed by atoms with Gasteiger partial charge in [0.2, 0.25) is 17.5 Å². The maximum atomic E-state index is 14.0. The summed E-state index contributed by atoms with van der Waals surface area (Å²) >= 11 is 0. The van der Waals surface area contributed by atoms with Gasteiger partial charge in [-0.15, -0.1) is 0 Å². The van der Waals surface area contributed by atoms with Crippen LogP contribution in [0.4, 0.5) is 29.4 Å². The molecule has 9 nitrogen and oxygen atoms in total. The fraction of sp³-hybridized carbons (Fsp3) is 0.371. The van der Waals surface area contributed by atoms with Crippen LogP contribution in [-0.2, 0) is 23.8 Å². The molecule has 2 fully saturated rings. The highest BCUT2D eigenvalue weighted by Crippen LogP contribution is 2.38. The van der Waals surface area contributed by atoms with E-state index in [2.05, 4.69) is 9.97 Å². The molecule has 0 saturated carbocycles. The zero-order chi connectivity index (χ0) is 33.8. The summed E-state index contributed by atoms with van der Waals surface area (Å²) in [7, 11) is 1.61. The second-order valence-electron chi connectivity index (χ2n) is 11.9. The molecule has 1 amide bonds. The first-order valence-electron chi connectivity index (χ1n) is 15.8. The molecule has 4 heterocycles. The van der Waals surface area contributed by atoms with Crippen LogP contribution in [0.3, 0.4) is 0 Å². The summed E-state index contributed by atoms with van der Waals surface area (Å²) in [4.78, 5) is 39.3. The van der Waals surface area contributed by atoms with Crippen molar-refractivity contribution in [3.8, 4) is 5.75 Å². The molecule has 0 bridgehead atoms. The lowest BCUT2D eigenvalue weighted by Gasteiger charge is -2.35. The summed E-state index contributed by atoms with van der Waals surface area (Å²) in [5.41, 5.74) is 0.491. The second kappa shape index (κ2) is 14.0. The third-order valence-corrected chi connectivity index (χ3v) is 8.91. The highest BCUT2D eigenvalue weighted by molar-refractivity contribution is 5.96. The van der Waals surface area contributed by atoms with Crippen molar-refractivity contribution in [2.45, 2.75) is 37.8 Å². The minimum Gasteiger partial charge on any atom is -0.496 e. The molecule has 2 aromatic heterocycles. The fourth-order valence-electron chi connectivity index (χ4n) is 6.29. The van der Waals surface area contributed by atoms with Crippen molar-refractivity contribution < 1.29 is 36.3 Å². The molecule has 13 heteroatoms. The normalized spacial score (nSPS) is 15.9. The average Bonchev–Trinajstić information content (AvgIpc) is 3.57. The average molecular weight is 666 g/mol. The summed E-state index contributed by atoms with van der Waals surface area (Å²) in [5, 5.41) is 0. The zero-order valence-corrected chi connectivity index (χ0v) is 26.4. The monoisotopic (exact) mass is 665 g/mol. The number of halogens is 4. The van der Waals surface area contributed by atoms with Gasteiger partial charge in [-0.3, -0.25) is 9.59 Å². The number of para-hydroxylation sites is 1. The number of rotatable bonds is 9. The minimum atomic E-state index is -4.87. The van der Waals surface area contributed by atoms with E-state index in [1.807, 2.05) is 29.2 Å². The summed E-state index contributed by atoms with van der Waals surface area (Å²) in [6.45, 7) is 2.68. The lowest BCUT2D eigenvalue weighted by Crippen LogP contribution is -2.49. The number of piperazine rings is 1. The van der Waals surface area contributed by atoms with Crippen LogP contribution >= 0.6 is 0 Å². The van der Waals surface area contributed by atoms with E-state index in [-0.39, 0.29) is 30.7 Å². The van der Waals surface area contributed by atoms with Crippen molar-refractivity contribution in [3.05, 3.63) is 101 Å². The number of carbonyl (C=O) groups excluding carboxylic acids is 2. The number of oxazole rings is 1. The summed E-state index contributed by atoms with van der Waals surface area (Å²) in [5.74, 6) is -0.676. The standard InChI is InChI=1S/C35H35F4N5O4/c1-47-29-9-5-3-7-26(29)24-12-14-44(15-13-24)34-41-33(35(37,38)39)32(48-34)28(45)20-23-10-11-30(40-22-23)42-16-18-43(19-17-42)31(46)21-25-6-2-4-8-27(25)36/h2-11,22,24H,12-21H2,1H3. The smallest absolute Gasteiger partial charge is 0.437 e. The third kappa shape index (κ3) is 7.29. The second-order valence-corrected chi connectivity index (χ2v) is 11.9. The molecular weight excluding hydrogens is 630 g/mol. The molecule has 2 aliphatic heterocycles. The molecule has 0 spiro atoms. The number of alkyl halides is 3. The van der Waals surface area contributed by atoms with Gasteiger partial charge in [0.25, 0.3) is 6.01 Å². The molecule has 252 valence electrons. The largest absolute Gasteiger partial charge is 0.496 e. The van der Waals surface area contributed by atoms with E-state index in [1.165, 1.54) is 12.3 Å². The number of anilines is 2. The van der Waals surface area contributed by atoms with Gasteiger partial charge in [0.05, 0.1) is 13.5 Å². The molecule has 0 N–H and O–H groups in total. The molecule has 6 rings (SSSR count). The predicted molar refractivity (Wildman–Crippen MR) is 170 cm³/mol. The van der Waals surface area contributed by atoms with E-state index in [9.17, 15) is 27.2 Å². The van der Waals surface area contributed by atoms with Crippen molar-refractivity contribution in [1.29, 1.82) is 0 Å². The van der Waals surface area contributed by atoms with Crippen molar-refractivity contribution >= 4 is 23.5 Å². The Balaban J connectivity index is 1.06. The Bertz CT molecular complexity index is 1740. The number of nitrogens with zero attached hydrogens (tertiary/aromatic N) is 5. The zero-order valence-electron chi connectivity index (χ0n) is 26.4. The van der Waals surface area contributed by atoms with Gasteiger partial charge in [-0.1, -0.05) is 42.5 Å². The number of hydrogen-bond acceptors (Lipinski definition) is 8. The minimum absolute atomic E-state index is 0.0151. The number of carbonyl (C=O) groups is 2. The van der Waals surface area contributed by atoms with Crippen LogP contribution in [0.2, 0.25) is 0 Å². The summed E-state index contributed by atoms with van der Waals surface area (Å²) < 4.78 is 66.9. The van der Waals surface area contributed by atoms with Gasteiger partial charge in [0.1, 0.15) is 17.4 Å². The molecule has 4 aromatic rings. The van der Waals surface area contributed by atoms with Gasteiger partial charge >= 0.3 is 6.18 Å². The maximum absolute atomic E-state index is 14.0. The number of aromatic nitrogens is 2. The fourth-order valence-corrected chi connectivity index (χ4v) is 6.29. The van der Waals surface area contributed by atoms with Crippen LogP contribution in [-0.4, -0.2) is 72.9 Å². The van der Waals surface area contributed by atoms with E-state index in [0.29, 0.717) is 69.1 Å². The van der Waals surface area contributed by atoms with Crippen molar-refractivity contribution in [2.75, 3.05) is 56.2 Å². The molecule has 0 unspecified atom stereocenters. The van der Waals surface area contributed by atoms with Gasteiger partial charge in [-0.05, 0) is 53.6 Å². The maximum Gasteiger partial charge on any atom is 0.437 e. The summed E-state index contributed by atoms with van der Waals surface area (Å²) in [6.07, 6.45) is -2.47.